The number of carbonyl (C=O) groups excluding carboxylic acids is 1. The number of anilines is 1. The number of nitrogens with zero attached hydrogens (tertiary/aromatic N) is 3. The molecule has 0 spiro atoms. The first-order valence-electron chi connectivity index (χ1n) is 5.50. The van der Waals surface area contributed by atoms with Crippen molar-refractivity contribution >= 4 is 23.4 Å². The fourth-order valence-electron chi connectivity index (χ4n) is 1.43. The highest BCUT2D eigenvalue weighted by Crippen LogP contribution is 2.24. The van der Waals surface area contributed by atoms with Crippen molar-refractivity contribution in [3.63, 3.8) is 0 Å². The molecule has 10 heteroatoms. The molecule has 1 aromatic heterocycles. The van der Waals surface area contributed by atoms with Crippen LogP contribution in [-0.2, 0) is 4.74 Å². The summed E-state index contributed by atoms with van der Waals surface area (Å²) in [5.74, 6) is 0. The summed E-state index contributed by atoms with van der Waals surface area (Å²) >= 11 is 5.79. The van der Waals surface area contributed by atoms with E-state index in [1.54, 1.807) is 0 Å². The van der Waals surface area contributed by atoms with Crippen molar-refractivity contribution in [1.29, 1.82) is 0 Å². The number of ether oxygens (including phenoxy) is 1. The molecule has 6 nitrogen and oxygen atoms in total. The van der Waals surface area contributed by atoms with E-state index in [9.17, 15) is 18.0 Å². The van der Waals surface area contributed by atoms with Gasteiger partial charge in [0.1, 0.15) is 12.7 Å². The van der Waals surface area contributed by atoms with Gasteiger partial charge in [0.2, 0.25) is 0 Å². The Morgan fingerprint density at radius 1 is 1.43 bits per heavy atom. The van der Waals surface area contributed by atoms with Gasteiger partial charge in [0.05, 0.1) is 11.4 Å². The van der Waals surface area contributed by atoms with Crippen LogP contribution in [0.25, 0.3) is 5.69 Å². The van der Waals surface area contributed by atoms with Crippen molar-refractivity contribution in [3.05, 3.63) is 35.9 Å². The number of hydrogen-bond acceptors (Lipinski definition) is 4. The minimum absolute atomic E-state index is 0.139. The summed E-state index contributed by atoms with van der Waals surface area (Å²) in [4.78, 5) is 15.1. The summed E-state index contributed by atoms with van der Waals surface area (Å²) in [6.45, 7) is -1.68. The van der Waals surface area contributed by atoms with Gasteiger partial charge in [-0.1, -0.05) is 11.6 Å². The molecule has 112 valence electrons. The molecule has 1 aromatic carbocycles. The average Bonchev–Trinajstić information content (AvgIpc) is 2.89. The summed E-state index contributed by atoms with van der Waals surface area (Å²) in [7, 11) is 0. The number of rotatable bonds is 3. The van der Waals surface area contributed by atoms with E-state index in [4.69, 9.17) is 11.6 Å². The van der Waals surface area contributed by atoms with Crippen LogP contribution in [0.2, 0.25) is 5.02 Å². The third-order valence-corrected chi connectivity index (χ3v) is 2.46. The standard InChI is InChI=1S/C11H8ClF3N4O2/c12-7-1-2-9(19-6-16-5-17-19)8(3-7)18-10(20)21-4-11(13,14)15/h1-3,5-6H,4H2,(H,18,20). The number of nitrogens with one attached hydrogen (secondary N) is 1. The van der Waals surface area contributed by atoms with E-state index in [0.717, 1.165) is 0 Å². The van der Waals surface area contributed by atoms with Gasteiger partial charge in [-0.3, -0.25) is 5.32 Å². The highest BCUT2D eigenvalue weighted by atomic mass is 35.5. The fraction of sp³-hybridized carbons (Fsp3) is 0.182. The summed E-state index contributed by atoms with van der Waals surface area (Å²) in [6.07, 6.45) is -3.23. The smallest absolute Gasteiger partial charge is 0.422 e. The van der Waals surface area contributed by atoms with Crippen molar-refractivity contribution < 1.29 is 22.7 Å². The quantitative estimate of drug-likeness (QED) is 0.943. The van der Waals surface area contributed by atoms with Gasteiger partial charge in [-0.25, -0.2) is 14.5 Å². The Morgan fingerprint density at radius 2 is 2.19 bits per heavy atom. The normalized spacial score (nSPS) is 11.2. The SMILES string of the molecule is O=C(Nc1cc(Cl)ccc1-n1cncn1)OCC(F)(F)F. The maximum atomic E-state index is 12.0. The second-order valence-corrected chi connectivity index (χ2v) is 4.25. The Balaban J connectivity index is 2.16. The summed E-state index contributed by atoms with van der Waals surface area (Å²) < 4.78 is 41.3. The molecule has 2 aromatic rings. The van der Waals surface area contributed by atoms with E-state index in [-0.39, 0.29) is 10.7 Å². The minimum atomic E-state index is -4.60. The van der Waals surface area contributed by atoms with Gasteiger partial charge in [0, 0.05) is 5.02 Å². The molecule has 0 radical (unpaired) electrons. The molecule has 0 aliphatic carbocycles. The van der Waals surface area contributed by atoms with Gasteiger partial charge >= 0.3 is 12.3 Å². The molecule has 0 aliphatic heterocycles. The molecular formula is C11H8ClF3N4O2. The summed E-state index contributed by atoms with van der Waals surface area (Å²) in [5, 5.41) is 6.32. The molecule has 0 saturated heterocycles. The highest BCUT2D eigenvalue weighted by molar-refractivity contribution is 6.31. The molecule has 0 bridgehead atoms. The minimum Gasteiger partial charge on any atom is -0.440 e. The van der Waals surface area contributed by atoms with E-state index in [1.807, 2.05) is 0 Å². The maximum absolute atomic E-state index is 12.0. The number of benzene rings is 1. The second kappa shape index (κ2) is 6.00. The van der Waals surface area contributed by atoms with Crippen LogP contribution in [0.1, 0.15) is 0 Å². The molecule has 0 aliphatic rings. The van der Waals surface area contributed by atoms with Crippen LogP contribution >= 0.6 is 11.6 Å². The number of alkyl halides is 3. The van der Waals surface area contributed by atoms with Crippen LogP contribution in [0.5, 0.6) is 0 Å². The van der Waals surface area contributed by atoms with E-state index in [2.05, 4.69) is 20.1 Å². The first kappa shape index (κ1) is 15.1. The zero-order valence-electron chi connectivity index (χ0n) is 10.3. The van der Waals surface area contributed by atoms with Gasteiger partial charge in [-0.15, -0.1) is 0 Å². The molecule has 2 rings (SSSR count). The third kappa shape index (κ3) is 4.35. The summed E-state index contributed by atoms with van der Waals surface area (Å²) in [6, 6.07) is 4.41. The Kier molecular flexibility index (Phi) is 4.32. The lowest BCUT2D eigenvalue weighted by Crippen LogP contribution is -2.23. The Hall–Kier alpha value is -2.29. The van der Waals surface area contributed by atoms with Crippen LogP contribution in [0.3, 0.4) is 0 Å². The lowest BCUT2D eigenvalue weighted by atomic mass is 10.2. The zero-order chi connectivity index (χ0) is 15.5. The largest absolute Gasteiger partial charge is 0.440 e. The van der Waals surface area contributed by atoms with Gasteiger partial charge in [-0.05, 0) is 18.2 Å². The number of aromatic nitrogens is 3. The maximum Gasteiger partial charge on any atom is 0.422 e. The van der Waals surface area contributed by atoms with Crippen LogP contribution < -0.4 is 5.32 Å². The van der Waals surface area contributed by atoms with Crippen molar-refractivity contribution in [2.45, 2.75) is 6.18 Å². The van der Waals surface area contributed by atoms with Crippen molar-refractivity contribution in [3.8, 4) is 5.69 Å². The average molecular weight is 321 g/mol. The van der Waals surface area contributed by atoms with E-state index in [1.165, 1.54) is 35.5 Å². The van der Waals surface area contributed by atoms with Crippen LogP contribution in [0, 0.1) is 0 Å². The molecule has 1 amide bonds. The first-order chi connectivity index (χ1) is 9.85. The number of halogens is 4. The molecule has 0 saturated carbocycles. The van der Waals surface area contributed by atoms with Crippen molar-refractivity contribution in [2.75, 3.05) is 11.9 Å². The van der Waals surface area contributed by atoms with Crippen LogP contribution in [0.4, 0.5) is 23.7 Å². The number of amides is 1. The Bertz CT molecular complexity index is 631. The lowest BCUT2D eigenvalue weighted by molar-refractivity contribution is -0.159. The molecular weight excluding hydrogens is 313 g/mol. The first-order valence-corrected chi connectivity index (χ1v) is 5.88. The van der Waals surface area contributed by atoms with Crippen molar-refractivity contribution in [1.82, 2.24) is 14.8 Å². The molecule has 1 N–H and O–H groups in total. The highest BCUT2D eigenvalue weighted by Gasteiger charge is 2.29. The van der Waals surface area contributed by atoms with Gasteiger partial charge in [0.25, 0.3) is 0 Å². The molecule has 21 heavy (non-hydrogen) atoms. The van der Waals surface area contributed by atoms with E-state index >= 15 is 0 Å². The number of hydrogen-bond donors (Lipinski definition) is 1. The van der Waals surface area contributed by atoms with E-state index < -0.39 is 18.9 Å². The second-order valence-electron chi connectivity index (χ2n) is 3.82. The molecule has 0 fully saturated rings. The molecule has 0 atom stereocenters. The van der Waals surface area contributed by atoms with Crippen molar-refractivity contribution in [2.24, 2.45) is 0 Å². The van der Waals surface area contributed by atoms with Crippen LogP contribution in [0.15, 0.2) is 30.9 Å². The third-order valence-electron chi connectivity index (χ3n) is 2.23. The van der Waals surface area contributed by atoms with Gasteiger partial charge in [0.15, 0.2) is 6.61 Å². The Morgan fingerprint density at radius 3 is 2.81 bits per heavy atom. The van der Waals surface area contributed by atoms with Gasteiger partial charge < -0.3 is 4.74 Å². The monoisotopic (exact) mass is 320 g/mol. The molecule has 1 heterocycles. The lowest BCUT2D eigenvalue weighted by Gasteiger charge is -2.12. The zero-order valence-corrected chi connectivity index (χ0v) is 11.0. The fourth-order valence-corrected chi connectivity index (χ4v) is 1.61. The summed E-state index contributed by atoms with van der Waals surface area (Å²) in [5.41, 5.74) is 0.515. The number of carbonyl (C=O) groups is 1. The Labute approximate surface area is 121 Å². The predicted octanol–water partition coefficient (Wildman–Crippen LogP) is 3.03. The van der Waals surface area contributed by atoms with Crippen LogP contribution in [-0.4, -0.2) is 33.6 Å². The van der Waals surface area contributed by atoms with E-state index in [0.29, 0.717) is 5.69 Å². The molecule has 0 unspecified atom stereocenters. The topological polar surface area (TPSA) is 69.0 Å². The predicted molar refractivity (Wildman–Crippen MR) is 67.4 cm³/mol. The van der Waals surface area contributed by atoms with Gasteiger partial charge in [-0.2, -0.15) is 18.3 Å².